The summed E-state index contributed by atoms with van der Waals surface area (Å²) < 4.78 is 5.44. The van der Waals surface area contributed by atoms with Gasteiger partial charge in [-0.05, 0) is 29.5 Å². The van der Waals surface area contributed by atoms with Gasteiger partial charge in [-0.3, -0.25) is 5.32 Å². The maximum absolute atomic E-state index is 12.7. The number of anilines is 1. The van der Waals surface area contributed by atoms with E-state index in [9.17, 15) is 9.59 Å². The van der Waals surface area contributed by atoms with E-state index < -0.39 is 6.09 Å². The predicted molar refractivity (Wildman–Crippen MR) is 131 cm³/mol. The number of benzene rings is 2. The minimum Gasteiger partial charge on any atom is -0.447 e. The van der Waals surface area contributed by atoms with Crippen LogP contribution in [0.25, 0.3) is 10.8 Å². The van der Waals surface area contributed by atoms with Crippen LogP contribution in [0.3, 0.4) is 0 Å². The lowest BCUT2D eigenvalue weighted by Crippen LogP contribution is -2.45. The van der Waals surface area contributed by atoms with Crippen molar-refractivity contribution in [3.63, 3.8) is 0 Å². The number of amides is 3. The van der Waals surface area contributed by atoms with Crippen LogP contribution < -0.4 is 10.6 Å². The number of carbonyl (C=O) groups is 2. The van der Waals surface area contributed by atoms with Crippen molar-refractivity contribution in [3.8, 4) is 0 Å². The van der Waals surface area contributed by atoms with Crippen molar-refractivity contribution in [2.45, 2.75) is 38.8 Å². The number of likely N-dealkylation sites (N-methyl/N-ethyl adjacent to an activating group) is 1. The second-order valence-electron chi connectivity index (χ2n) is 7.80. The molecule has 8 heteroatoms. The second-order valence-corrected chi connectivity index (χ2v) is 8.20. The lowest BCUT2D eigenvalue weighted by Gasteiger charge is -2.28. The van der Waals surface area contributed by atoms with E-state index in [0.717, 1.165) is 29.2 Å². The lowest BCUT2D eigenvalue weighted by atomic mass is 10.1. The maximum Gasteiger partial charge on any atom is 0.412 e. The number of ether oxygens (including phenoxy) is 1. The minimum absolute atomic E-state index is 0.0788. The van der Waals surface area contributed by atoms with Crippen LogP contribution in [-0.4, -0.2) is 41.7 Å². The highest BCUT2D eigenvalue weighted by Gasteiger charge is 2.21. The Balaban J connectivity index is 1.55. The average molecular weight is 469 g/mol. The molecule has 174 valence electrons. The Labute approximate surface area is 199 Å². The van der Waals surface area contributed by atoms with Crippen LogP contribution in [0.4, 0.5) is 15.4 Å². The van der Waals surface area contributed by atoms with Crippen LogP contribution in [0.1, 0.15) is 31.7 Å². The highest BCUT2D eigenvalue weighted by molar-refractivity contribution is 6.31. The van der Waals surface area contributed by atoms with E-state index >= 15 is 0 Å². The Morgan fingerprint density at radius 2 is 1.85 bits per heavy atom. The van der Waals surface area contributed by atoms with E-state index in [0.29, 0.717) is 23.8 Å². The Morgan fingerprint density at radius 3 is 2.61 bits per heavy atom. The molecule has 0 aliphatic heterocycles. The topological polar surface area (TPSA) is 83.6 Å². The van der Waals surface area contributed by atoms with Gasteiger partial charge in [0.2, 0.25) is 0 Å². The third-order valence-corrected chi connectivity index (χ3v) is 5.78. The van der Waals surface area contributed by atoms with E-state index in [-0.39, 0.29) is 18.7 Å². The molecular weight excluding hydrogens is 440 g/mol. The summed E-state index contributed by atoms with van der Waals surface area (Å²) in [5, 5.41) is 8.10. The van der Waals surface area contributed by atoms with Crippen LogP contribution >= 0.6 is 11.6 Å². The highest BCUT2D eigenvalue weighted by Crippen LogP contribution is 2.17. The highest BCUT2D eigenvalue weighted by atomic mass is 35.5. The van der Waals surface area contributed by atoms with E-state index in [1.54, 1.807) is 30.3 Å². The van der Waals surface area contributed by atoms with Gasteiger partial charge in [0.15, 0.2) is 0 Å². The molecule has 33 heavy (non-hydrogen) atoms. The molecule has 1 atom stereocenters. The van der Waals surface area contributed by atoms with Gasteiger partial charge in [0.1, 0.15) is 12.4 Å². The van der Waals surface area contributed by atoms with E-state index in [4.69, 9.17) is 16.3 Å². The lowest BCUT2D eigenvalue weighted by molar-refractivity contribution is 0.113. The molecule has 0 bridgehead atoms. The molecule has 0 aliphatic carbocycles. The fourth-order valence-electron chi connectivity index (χ4n) is 3.40. The molecule has 3 aromatic rings. The second kappa shape index (κ2) is 12.1. The number of nitrogens with zero attached hydrogens (tertiary/aromatic N) is 2. The smallest absolute Gasteiger partial charge is 0.412 e. The molecule has 0 saturated heterocycles. The summed E-state index contributed by atoms with van der Waals surface area (Å²) >= 11 is 6.17. The van der Waals surface area contributed by atoms with Crippen molar-refractivity contribution in [2.75, 3.05) is 19.0 Å². The Kier molecular flexibility index (Phi) is 8.89. The summed E-state index contributed by atoms with van der Waals surface area (Å²) in [6, 6.07) is 16.4. The zero-order valence-electron chi connectivity index (χ0n) is 18.9. The molecule has 3 amide bonds. The van der Waals surface area contributed by atoms with Crippen LogP contribution in [0.2, 0.25) is 5.02 Å². The van der Waals surface area contributed by atoms with Crippen LogP contribution in [-0.2, 0) is 11.3 Å². The molecule has 2 aromatic carbocycles. The summed E-state index contributed by atoms with van der Waals surface area (Å²) in [5.74, 6) is 0.412. The maximum atomic E-state index is 12.7. The van der Waals surface area contributed by atoms with Gasteiger partial charge in [-0.25, -0.2) is 14.6 Å². The van der Waals surface area contributed by atoms with E-state index in [1.807, 2.05) is 42.5 Å². The number of unbranched alkanes of at least 4 members (excludes halogenated alkanes) is 1. The van der Waals surface area contributed by atoms with Gasteiger partial charge < -0.3 is 15.0 Å². The van der Waals surface area contributed by atoms with Gasteiger partial charge in [0.25, 0.3) is 0 Å². The summed E-state index contributed by atoms with van der Waals surface area (Å²) in [4.78, 5) is 30.9. The van der Waals surface area contributed by atoms with Gasteiger partial charge in [-0.15, -0.1) is 0 Å². The standard InChI is InChI=1S/C25H29ClN4O3/c1-3-4-12-21(30(2)24(31)28-16-20-11-7-8-13-22(20)26)17-33-25(32)29-23-14-18-9-5-6-10-19(18)15-27-23/h5-11,13-15,21H,3-4,12,16-17H2,1-2H3,(H,28,31)(H,27,29,32)/t21-/m0/s1. The first-order valence-electron chi connectivity index (χ1n) is 11.0. The van der Waals surface area contributed by atoms with Crippen LogP contribution in [0.5, 0.6) is 0 Å². The van der Waals surface area contributed by atoms with Crippen molar-refractivity contribution in [2.24, 2.45) is 0 Å². The first-order chi connectivity index (χ1) is 16.0. The number of halogens is 1. The first-order valence-corrected chi connectivity index (χ1v) is 11.4. The largest absolute Gasteiger partial charge is 0.447 e. The third kappa shape index (κ3) is 7.08. The average Bonchev–Trinajstić information content (AvgIpc) is 2.83. The molecule has 1 aromatic heterocycles. The molecule has 0 fully saturated rings. The molecule has 0 spiro atoms. The molecular formula is C25H29ClN4O3. The SMILES string of the molecule is CCCC[C@@H](COC(=O)Nc1cc2ccccc2cn1)N(C)C(=O)NCc1ccccc1Cl. The summed E-state index contributed by atoms with van der Waals surface area (Å²) in [5.41, 5.74) is 0.838. The molecule has 0 unspecified atom stereocenters. The van der Waals surface area contributed by atoms with Gasteiger partial charge in [-0.1, -0.05) is 73.8 Å². The fourth-order valence-corrected chi connectivity index (χ4v) is 3.60. The first kappa shape index (κ1) is 24.3. The minimum atomic E-state index is -0.607. The summed E-state index contributed by atoms with van der Waals surface area (Å²) in [6.45, 7) is 2.47. The number of urea groups is 1. The molecule has 0 radical (unpaired) electrons. The van der Waals surface area contributed by atoms with E-state index in [2.05, 4.69) is 22.5 Å². The fraction of sp³-hybridized carbons (Fsp3) is 0.320. The molecule has 7 nitrogen and oxygen atoms in total. The number of nitrogens with one attached hydrogen (secondary N) is 2. The summed E-state index contributed by atoms with van der Waals surface area (Å²) in [7, 11) is 1.70. The van der Waals surface area contributed by atoms with Gasteiger partial charge in [-0.2, -0.15) is 0 Å². The molecule has 3 rings (SSSR count). The van der Waals surface area contributed by atoms with E-state index in [1.165, 1.54) is 0 Å². The number of carbonyl (C=O) groups excluding carboxylic acids is 2. The third-order valence-electron chi connectivity index (χ3n) is 5.41. The number of hydrogen-bond donors (Lipinski definition) is 2. The van der Waals surface area contributed by atoms with Crippen molar-refractivity contribution in [3.05, 3.63) is 71.4 Å². The zero-order chi connectivity index (χ0) is 23.6. The van der Waals surface area contributed by atoms with Crippen molar-refractivity contribution < 1.29 is 14.3 Å². The van der Waals surface area contributed by atoms with Crippen LogP contribution in [0.15, 0.2) is 60.8 Å². The Hall–Kier alpha value is -3.32. The summed E-state index contributed by atoms with van der Waals surface area (Å²) in [6.07, 6.45) is 3.69. The monoisotopic (exact) mass is 468 g/mol. The van der Waals surface area contributed by atoms with Crippen LogP contribution in [0, 0.1) is 0 Å². The number of pyridine rings is 1. The van der Waals surface area contributed by atoms with Gasteiger partial charge in [0, 0.05) is 30.2 Å². The number of hydrogen-bond acceptors (Lipinski definition) is 4. The Bertz CT molecular complexity index is 1090. The van der Waals surface area contributed by atoms with Crippen molar-refractivity contribution in [1.29, 1.82) is 0 Å². The quantitative estimate of drug-likeness (QED) is 0.413. The molecule has 1 heterocycles. The molecule has 0 saturated carbocycles. The number of fused-ring (bicyclic) bond motifs is 1. The number of aromatic nitrogens is 1. The van der Waals surface area contributed by atoms with Gasteiger partial charge in [0.05, 0.1) is 6.04 Å². The normalized spacial score (nSPS) is 11.6. The predicted octanol–water partition coefficient (Wildman–Crippen LogP) is 5.84. The molecule has 2 N–H and O–H groups in total. The van der Waals surface area contributed by atoms with Gasteiger partial charge >= 0.3 is 12.1 Å². The zero-order valence-corrected chi connectivity index (χ0v) is 19.6. The van der Waals surface area contributed by atoms with Crippen molar-refractivity contribution in [1.82, 2.24) is 15.2 Å². The van der Waals surface area contributed by atoms with Crippen molar-refractivity contribution >= 4 is 40.3 Å². The molecule has 0 aliphatic rings. The number of rotatable bonds is 9. The Morgan fingerprint density at radius 1 is 1.12 bits per heavy atom.